The van der Waals surface area contributed by atoms with E-state index in [-0.39, 0.29) is 22.8 Å². The van der Waals surface area contributed by atoms with Crippen molar-refractivity contribution in [1.82, 2.24) is 0 Å². The maximum Gasteiger partial charge on any atom is 0.272 e. The average molecular weight is 380 g/mol. The van der Waals surface area contributed by atoms with Crippen LogP contribution in [0, 0.1) is 11.3 Å². The van der Waals surface area contributed by atoms with Gasteiger partial charge >= 0.3 is 0 Å². The quantitative estimate of drug-likeness (QED) is 0.775. The standard InChI is InChI=1S/C20H16N2O4S/c1-26-16-5-3-2-4-15(16)17-18(27-11-10-23)20(25)22(19(17)24)14-8-6-13(12-21)7-9-14/h2-9,23H,10-11H2,1H3. The molecule has 2 aromatic rings. The highest BCUT2D eigenvalue weighted by atomic mass is 32.2. The second-order valence-corrected chi connectivity index (χ2v) is 6.69. The lowest BCUT2D eigenvalue weighted by atomic mass is 10.0. The van der Waals surface area contributed by atoms with Crippen LogP contribution in [0.3, 0.4) is 0 Å². The van der Waals surface area contributed by atoms with Crippen molar-refractivity contribution >= 4 is 34.8 Å². The van der Waals surface area contributed by atoms with Crippen LogP contribution in [0.15, 0.2) is 53.4 Å². The van der Waals surface area contributed by atoms with E-state index in [2.05, 4.69) is 0 Å². The van der Waals surface area contributed by atoms with Crippen LogP contribution in [0.4, 0.5) is 5.69 Å². The van der Waals surface area contributed by atoms with Gasteiger partial charge in [-0.2, -0.15) is 5.26 Å². The minimum Gasteiger partial charge on any atom is -0.496 e. The number of nitriles is 1. The highest BCUT2D eigenvalue weighted by Crippen LogP contribution is 2.41. The number of hydrogen-bond acceptors (Lipinski definition) is 6. The monoisotopic (exact) mass is 380 g/mol. The summed E-state index contributed by atoms with van der Waals surface area (Å²) in [5.74, 6) is -0.148. The molecular formula is C20H16N2O4S. The zero-order valence-corrected chi connectivity index (χ0v) is 15.3. The van der Waals surface area contributed by atoms with E-state index < -0.39 is 11.8 Å². The highest BCUT2D eigenvalue weighted by molar-refractivity contribution is 8.04. The molecule has 0 aromatic heterocycles. The number of thioether (sulfide) groups is 1. The number of carbonyl (C=O) groups is 2. The second-order valence-electron chi connectivity index (χ2n) is 5.58. The van der Waals surface area contributed by atoms with E-state index in [1.807, 2.05) is 6.07 Å². The van der Waals surface area contributed by atoms with Crippen LogP contribution in [0.25, 0.3) is 5.57 Å². The molecule has 0 aliphatic carbocycles. The Hall–Kier alpha value is -3.08. The van der Waals surface area contributed by atoms with Crippen LogP contribution in [-0.2, 0) is 9.59 Å². The van der Waals surface area contributed by atoms with Gasteiger partial charge in [0.25, 0.3) is 11.8 Å². The lowest BCUT2D eigenvalue weighted by molar-refractivity contribution is -0.119. The number of benzene rings is 2. The van der Waals surface area contributed by atoms with Crippen molar-refractivity contribution in [1.29, 1.82) is 5.26 Å². The fourth-order valence-corrected chi connectivity index (χ4v) is 3.65. The molecule has 1 aliphatic rings. The van der Waals surface area contributed by atoms with Gasteiger partial charge < -0.3 is 9.84 Å². The molecule has 6 nitrogen and oxygen atoms in total. The molecule has 0 unspecified atom stereocenters. The summed E-state index contributed by atoms with van der Waals surface area (Å²) >= 11 is 1.13. The molecule has 27 heavy (non-hydrogen) atoms. The van der Waals surface area contributed by atoms with Gasteiger partial charge in [0.1, 0.15) is 5.75 Å². The lowest BCUT2D eigenvalue weighted by Crippen LogP contribution is -2.31. The number of imide groups is 1. The molecule has 2 aromatic carbocycles. The third kappa shape index (κ3) is 3.45. The maximum absolute atomic E-state index is 13.2. The number of rotatable bonds is 6. The summed E-state index contributed by atoms with van der Waals surface area (Å²) < 4.78 is 5.35. The Bertz CT molecular complexity index is 961. The molecule has 1 N–H and O–H groups in total. The van der Waals surface area contributed by atoms with Crippen LogP contribution >= 0.6 is 11.8 Å². The summed E-state index contributed by atoms with van der Waals surface area (Å²) in [6, 6.07) is 15.2. The third-order valence-electron chi connectivity index (χ3n) is 4.01. The Morgan fingerprint density at radius 3 is 2.44 bits per heavy atom. The Morgan fingerprint density at radius 2 is 1.81 bits per heavy atom. The number of amides is 2. The first kappa shape index (κ1) is 18.7. The third-order valence-corrected chi connectivity index (χ3v) is 5.06. The molecule has 1 aliphatic heterocycles. The molecule has 7 heteroatoms. The number of methoxy groups -OCH3 is 1. The SMILES string of the molecule is COc1ccccc1C1=C(SCCO)C(=O)N(c2ccc(C#N)cc2)C1=O. The predicted molar refractivity (Wildman–Crippen MR) is 103 cm³/mol. The van der Waals surface area contributed by atoms with E-state index in [0.29, 0.717) is 22.6 Å². The van der Waals surface area contributed by atoms with Crippen LogP contribution < -0.4 is 9.64 Å². The van der Waals surface area contributed by atoms with Crippen molar-refractivity contribution in [2.75, 3.05) is 24.4 Å². The zero-order valence-electron chi connectivity index (χ0n) is 14.5. The minimum atomic E-state index is -0.463. The van der Waals surface area contributed by atoms with Gasteiger partial charge in [-0.25, -0.2) is 4.90 Å². The van der Waals surface area contributed by atoms with Crippen LogP contribution in [0.1, 0.15) is 11.1 Å². The Balaban J connectivity index is 2.10. The zero-order chi connectivity index (χ0) is 19.4. The molecule has 1 heterocycles. The number of anilines is 1. The molecule has 136 valence electrons. The van der Waals surface area contributed by atoms with E-state index in [1.54, 1.807) is 48.5 Å². The highest BCUT2D eigenvalue weighted by Gasteiger charge is 2.41. The van der Waals surface area contributed by atoms with Crippen molar-refractivity contribution < 1.29 is 19.4 Å². The molecule has 0 bridgehead atoms. The summed E-state index contributed by atoms with van der Waals surface area (Å²) in [5, 5.41) is 18.1. The molecule has 0 fully saturated rings. The molecule has 0 atom stereocenters. The summed E-state index contributed by atoms with van der Waals surface area (Å²) in [5.41, 5.74) is 1.59. The van der Waals surface area contributed by atoms with Crippen molar-refractivity contribution in [3.05, 3.63) is 64.6 Å². The maximum atomic E-state index is 13.2. The smallest absolute Gasteiger partial charge is 0.272 e. The number of nitrogens with zero attached hydrogens (tertiary/aromatic N) is 2. The van der Waals surface area contributed by atoms with Gasteiger partial charge in [-0.15, -0.1) is 11.8 Å². The van der Waals surface area contributed by atoms with E-state index in [0.717, 1.165) is 16.7 Å². The van der Waals surface area contributed by atoms with E-state index in [4.69, 9.17) is 15.1 Å². The first-order chi connectivity index (χ1) is 13.1. The van der Waals surface area contributed by atoms with Gasteiger partial charge in [0.2, 0.25) is 0 Å². The molecule has 0 spiro atoms. The predicted octanol–water partition coefficient (Wildman–Crippen LogP) is 2.58. The number of para-hydroxylation sites is 1. The molecular weight excluding hydrogens is 364 g/mol. The summed E-state index contributed by atoms with van der Waals surface area (Å²) in [6.07, 6.45) is 0. The van der Waals surface area contributed by atoms with Gasteiger partial charge in [0.05, 0.1) is 41.5 Å². The molecule has 0 saturated carbocycles. The van der Waals surface area contributed by atoms with Crippen molar-refractivity contribution in [3.63, 3.8) is 0 Å². The van der Waals surface area contributed by atoms with Crippen LogP contribution in [0.2, 0.25) is 0 Å². The van der Waals surface area contributed by atoms with Crippen LogP contribution in [0.5, 0.6) is 5.75 Å². The number of ether oxygens (including phenoxy) is 1. The Morgan fingerprint density at radius 1 is 1.11 bits per heavy atom. The first-order valence-corrected chi connectivity index (χ1v) is 9.11. The van der Waals surface area contributed by atoms with Gasteiger partial charge in [0, 0.05) is 11.3 Å². The molecule has 3 rings (SSSR count). The average Bonchev–Trinajstić information content (AvgIpc) is 2.95. The van der Waals surface area contributed by atoms with Crippen molar-refractivity contribution in [3.8, 4) is 11.8 Å². The summed E-state index contributed by atoms with van der Waals surface area (Å²) in [6.45, 7) is -0.119. The summed E-state index contributed by atoms with van der Waals surface area (Å²) in [4.78, 5) is 27.5. The van der Waals surface area contributed by atoms with Gasteiger partial charge in [0.15, 0.2) is 0 Å². The number of carbonyl (C=O) groups excluding carboxylic acids is 2. The lowest BCUT2D eigenvalue weighted by Gasteiger charge is -2.15. The topological polar surface area (TPSA) is 90.6 Å². The van der Waals surface area contributed by atoms with E-state index in [1.165, 1.54) is 7.11 Å². The summed E-state index contributed by atoms with van der Waals surface area (Å²) in [7, 11) is 1.50. The van der Waals surface area contributed by atoms with Crippen molar-refractivity contribution in [2.24, 2.45) is 0 Å². The fraction of sp³-hybridized carbons (Fsp3) is 0.150. The largest absolute Gasteiger partial charge is 0.496 e. The van der Waals surface area contributed by atoms with Gasteiger partial charge in [-0.05, 0) is 30.3 Å². The number of aliphatic hydroxyl groups excluding tert-OH is 1. The number of hydrogen-bond donors (Lipinski definition) is 1. The molecule has 0 radical (unpaired) electrons. The fourth-order valence-electron chi connectivity index (χ4n) is 2.80. The minimum absolute atomic E-state index is 0.119. The molecule has 0 saturated heterocycles. The number of aliphatic hydroxyl groups is 1. The van der Waals surface area contributed by atoms with Crippen LogP contribution in [-0.4, -0.2) is 36.4 Å². The first-order valence-electron chi connectivity index (χ1n) is 8.12. The van der Waals surface area contributed by atoms with Crippen molar-refractivity contribution in [2.45, 2.75) is 0 Å². The molecule has 2 amide bonds. The Kier molecular flexibility index (Phi) is 5.60. The van der Waals surface area contributed by atoms with Gasteiger partial charge in [-0.1, -0.05) is 18.2 Å². The van der Waals surface area contributed by atoms with E-state index in [9.17, 15) is 9.59 Å². The van der Waals surface area contributed by atoms with E-state index >= 15 is 0 Å². The van der Waals surface area contributed by atoms with Gasteiger partial charge in [-0.3, -0.25) is 9.59 Å². The Labute approximate surface area is 160 Å². The second kappa shape index (κ2) is 8.08. The normalized spacial score (nSPS) is 13.9.